The lowest BCUT2D eigenvalue weighted by atomic mass is 10.3. The molecule has 0 aliphatic carbocycles. The highest BCUT2D eigenvalue weighted by Gasteiger charge is 2.15. The third-order valence-corrected chi connectivity index (χ3v) is 4.73. The molecule has 0 unspecified atom stereocenters. The lowest BCUT2D eigenvalue weighted by Gasteiger charge is -2.23. The molecule has 1 aromatic carbocycles. The highest BCUT2D eigenvalue weighted by Crippen LogP contribution is 2.06. The number of hydrogen-bond acceptors (Lipinski definition) is 3. The van der Waals surface area contributed by atoms with Crippen LogP contribution in [0.3, 0.4) is 0 Å². The molecule has 1 heterocycles. The van der Waals surface area contributed by atoms with Gasteiger partial charge in [0.25, 0.3) is 0 Å². The van der Waals surface area contributed by atoms with Gasteiger partial charge < -0.3 is 9.64 Å². The van der Waals surface area contributed by atoms with Gasteiger partial charge in [0.05, 0.1) is 24.7 Å². The number of morpholine rings is 1. The Morgan fingerprint density at radius 3 is 2.53 bits per heavy atom. The molecule has 6 heteroatoms. The summed E-state index contributed by atoms with van der Waals surface area (Å²) in [7, 11) is -3.35. The van der Waals surface area contributed by atoms with Crippen molar-refractivity contribution < 1.29 is 18.1 Å². The summed E-state index contributed by atoms with van der Waals surface area (Å²) >= 11 is 0. The first-order valence-electron chi connectivity index (χ1n) is 6.64. The van der Waals surface area contributed by atoms with E-state index in [1.807, 2.05) is 0 Å². The number of quaternary nitrogens is 1. The van der Waals surface area contributed by atoms with E-state index in [1.54, 1.807) is 30.3 Å². The summed E-state index contributed by atoms with van der Waals surface area (Å²) < 4.78 is 31.8. The number of nitrogens with one attached hydrogen (secondary N) is 2. The third kappa shape index (κ3) is 4.58. The van der Waals surface area contributed by atoms with Crippen molar-refractivity contribution in [2.75, 3.05) is 39.4 Å². The van der Waals surface area contributed by atoms with Crippen molar-refractivity contribution in [3.05, 3.63) is 30.3 Å². The van der Waals surface area contributed by atoms with E-state index in [4.69, 9.17) is 4.74 Å². The van der Waals surface area contributed by atoms with Crippen LogP contribution in [0.2, 0.25) is 0 Å². The minimum absolute atomic E-state index is 0.328. The quantitative estimate of drug-likeness (QED) is 0.678. The van der Waals surface area contributed by atoms with Crippen LogP contribution >= 0.6 is 0 Å². The van der Waals surface area contributed by atoms with Gasteiger partial charge >= 0.3 is 0 Å². The zero-order chi connectivity index (χ0) is 13.6. The Morgan fingerprint density at radius 1 is 1.16 bits per heavy atom. The summed E-state index contributed by atoms with van der Waals surface area (Å²) in [6.07, 6.45) is 0.849. The molecule has 0 saturated carbocycles. The summed E-state index contributed by atoms with van der Waals surface area (Å²) in [4.78, 5) is 1.82. The summed E-state index contributed by atoms with van der Waals surface area (Å²) in [6, 6.07) is 8.48. The van der Waals surface area contributed by atoms with Crippen molar-refractivity contribution in [2.45, 2.75) is 11.3 Å². The third-order valence-electron chi connectivity index (χ3n) is 3.25. The van der Waals surface area contributed by atoms with Crippen LogP contribution in [0.1, 0.15) is 6.42 Å². The van der Waals surface area contributed by atoms with Gasteiger partial charge in [-0.15, -0.1) is 0 Å². The molecule has 0 amide bonds. The minimum Gasteiger partial charge on any atom is -0.370 e. The SMILES string of the molecule is O=S(=O)(NCCC[NH+]1CCOCC1)c1ccccc1. The average molecular weight is 285 g/mol. The van der Waals surface area contributed by atoms with E-state index in [0.29, 0.717) is 11.4 Å². The highest BCUT2D eigenvalue weighted by molar-refractivity contribution is 7.89. The van der Waals surface area contributed by atoms with Crippen molar-refractivity contribution >= 4 is 10.0 Å². The molecule has 19 heavy (non-hydrogen) atoms. The zero-order valence-electron chi connectivity index (χ0n) is 11.0. The van der Waals surface area contributed by atoms with Crippen LogP contribution in [0.25, 0.3) is 0 Å². The Bertz CT molecular complexity index is 470. The van der Waals surface area contributed by atoms with E-state index in [9.17, 15) is 8.42 Å². The van der Waals surface area contributed by atoms with Crippen LogP contribution < -0.4 is 9.62 Å². The molecule has 1 aliphatic rings. The first kappa shape index (κ1) is 14.5. The average Bonchev–Trinajstić information content (AvgIpc) is 2.46. The Hall–Kier alpha value is -0.950. The fraction of sp³-hybridized carbons (Fsp3) is 0.538. The minimum atomic E-state index is -3.35. The zero-order valence-corrected chi connectivity index (χ0v) is 11.8. The molecule has 0 atom stereocenters. The fourth-order valence-corrected chi connectivity index (χ4v) is 3.23. The first-order valence-corrected chi connectivity index (χ1v) is 8.13. The van der Waals surface area contributed by atoms with Crippen molar-refractivity contribution in [1.82, 2.24) is 4.72 Å². The highest BCUT2D eigenvalue weighted by atomic mass is 32.2. The van der Waals surface area contributed by atoms with E-state index in [-0.39, 0.29) is 0 Å². The molecule has 1 aromatic rings. The van der Waals surface area contributed by atoms with E-state index >= 15 is 0 Å². The van der Waals surface area contributed by atoms with Crippen molar-refractivity contribution in [3.8, 4) is 0 Å². The molecule has 0 spiro atoms. The van der Waals surface area contributed by atoms with Gasteiger partial charge in [0, 0.05) is 13.0 Å². The first-order chi connectivity index (χ1) is 9.18. The van der Waals surface area contributed by atoms with Crippen LogP contribution in [0, 0.1) is 0 Å². The maximum Gasteiger partial charge on any atom is 0.240 e. The van der Waals surface area contributed by atoms with Crippen molar-refractivity contribution in [2.24, 2.45) is 0 Å². The molecular weight excluding hydrogens is 264 g/mol. The largest absolute Gasteiger partial charge is 0.370 e. The van der Waals surface area contributed by atoms with Crippen LogP contribution in [0.4, 0.5) is 0 Å². The smallest absolute Gasteiger partial charge is 0.240 e. The second-order valence-electron chi connectivity index (χ2n) is 4.68. The molecule has 0 aromatic heterocycles. The molecule has 106 valence electrons. The van der Waals surface area contributed by atoms with Crippen molar-refractivity contribution in [3.63, 3.8) is 0 Å². The summed E-state index contributed by atoms with van der Waals surface area (Å²) in [5.74, 6) is 0. The van der Waals surface area contributed by atoms with Gasteiger partial charge in [0.15, 0.2) is 0 Å². The van der Waals surface area contributed by atoms with Gasteiger partial charge in [-0.3, -0.25) is 0 Å². The number of ether oxygens (including phenoxy) is 1. The number of sulfonamides is 1. The van der Waals surface area contributed by atoms with Gasteiger partial charge in [0.1, 0.15) is 13.1 Å². The summed E-state index contributed by atoms with van der Waals surface area (Å²) in [5.41, 5.74) is 0. The van der Waals surface area contributed by atoms with Gasteiger partial charge in [-0.2, -0.15) is 0 Å². The van der Waals surface area contributed by atoms with E-state index in [2.05, 4.69) is 4.72 Å². The second kappa shape index (κ2) is 7.00. The molecule has 1 fully saturated rings. The summed E-state index contributed by atoms with van der Waals surface area (Å²) in [6.45, 7) is 5.13. The molecule has 1 saturated heterocycles. The van der Waals surface area contributed by atoms with Crippen LogP contribution in [-0.4, -0.2) is 47.8 Å². The lowest BCUT2D eigenvalue weighted by Crippen LogP contribution is -3.14. The van der Waals surface area contributed by atoms with Crippen molar-refractivity contribution in [1.29, 1.82) is 0 Å². The molecule has 0 bridgehead atoms. The number of rotatable bonds is 6. The molecule has 0 radical (unpaired) electrons. The Balaban J connectivity index is 1.73. The number of benzene rings is 1. The standard InChI is InChI=1S/C13H20N2O3S/c16-19(17,13-5-2-1-3-6-13)14-7-4-8-15-9-11-18-12-10-15/h1-3,5-6,14H,4,7-12H2/p+1. The van der Waals surface area contributed by atoms with Gasteiger partial charge in [-0.25, -0.2) is 13.1 Å². The van der Waals surface area contributed by atoms with Gasteiger partial charge in [0.2, 0.25) is 10.0 Å². The van der Waals surface area contributed by atoms with Crippen LogP contribution in [0.5, 0.6) is 0 Å². The van der Waals surface area contributed by atoms with E-state index in [0.717, 1.165) is 39.3 Å². The van der Waals surface area contributed by atoms with Gasteiger partial charge in [-0.05, 0) is 12.1 Å². The Kier molecular flexibility index (Phi) is 5.33. The molecule has 1 aliphatic heterocycles. The second-order valence-corrected chi connectivity index (χ2v) is 6.44. The Labute approximate surface area is 114 Å². The Morgan fingerprint density at radius 2 is 1.84 bits per heavy atom. The molecule has 2 N–H and O–H groups in total. The maximum atomic E-state index is 11.9. The molecular formula is C13H21N2O3S+. The summed E-state index contributed by atoms with van der Waals surface area (Å²) in [5, 5.41) is 0. The predicted molar refractivity (Wildman–Crippen MR) is 72.6 cm³/mol. The molecule has 5 nitrogen and oxygen atoms in total. The topological polar surface area (TPSA) is 59.8 Å². The van der Waals surface area contributed by atoms with Gasteiger partial charge in [-0.1, -0.05) is 18.2 Å². The van der Waals surface area contributed by atoms with Crippen LogP contribution in [-0.2, 0) is 14.8 Å². The molecule has 2 rings (SSSR count). The fourth-order valence-electron chi connectivity index (χ4n) is 2.14. The predicted octanol–water partition coefficient (Wildman–Crippen LogP) is -0.730. The number of hydrogen-bond donors (Lipinski definition) is 2. The monoisotopic (exact) mass is 285 g/mol. The maximum absolute atomic E-state index is 11.9. The van der Waals surface area contributed by atoms with E-state index < -0.39 is 10.0 Å². The normalized spacial score (nSPS) is 17.5. The lowest BCUT2D eigenvalue weighted by molar-refractivity contribution is -0.908. The van der Waals surface area contributed by atoms with Crippen LogP contribution in [0.15, 0.2) is 35.2 Å². The van der Waals surface area contributed by atoms with E-state index in [1.165, 1.54) is 4.90 Å².